The third-order valence-electron chi connectivity index (χ3n) is 3.67. The van der Waals surface area contributed by atoms with Crippen LogP contribution in [0.4, 0.5) is 0 Å². The van der Waals surface area contributed by atoms with Crippen LogP contribution in [-0.2, 0) is 4.74 Å². The summed E-state index contributed by atoms with van der Waals surface area (Å²) in [7, 11) is 0. The Kier molecular flexibility index (Phi) is 3.69. The number of benzene rings is 1. The molecule has 0 radical (unpaired) electrons. The van der Waals surface area contributed by atoms with Crippen LogP contribution in [-0.4, -0.2) is 18.3 Å². The second kappa shape index (κ2) is 5.07. The van der Waals surface area contributed by atoms with Gasteiger partial charge in [0.25, 0.3) is 0 Å². The number of phenols is 1. The minimum Gasteiger partial charge on any atom is -0.507 e. The molecule has 2 rings (SSSR count). The number of hydrogen-bond donors (Lipinski definition) is 2. The Bertz CT molecular complexity index is 374. The molecule has 1 saturated heterocycles. The zero-order valence-corrected chi connectivity index (χ0v) is 10.6. The third kappa shape index (κ3) is 2.61. The van der Waals surface area contributed by atoms with Crippen molar-refractivity contribution in [2.24, 2.45) is 11.7 Å². The van der Waals surface area contributed by atoms with Gasteiger partial charge in [0.1, 0.15) is 5.75 Å². The normalized spacial score (nSPS) is 19.2. The highest BCUT2D eigenvalue weighted by molar-refractivity contribution is 5.43. The lowest BCUT2D eigenvalue weighted by molar-refractivity contribution is 0.0583. The smallest absolute Gasteiger partial charge is 0.121 e. The van der Waals surface area contributed by atoms with Crippen molar-refractivity contribution in [2.45, 2.75) is 32.7 Å². The summed E-state index contributed by atoms with van der Waals surface area (Å²) in [6.07, 6.45) is 2.06. The van der Waals surface area contributed by atoms with Crippen LogP contribution in [0.25, 0.3) is 0 Å². The van der Waals surface area contributed by atoms with Crippen LogP contribution in [0.3, 0.4) is 0 Å². The number of hydrogen-bond acceptors (Lipinski definition) is 3. The van der Waals surface area contributed by atoms with Crippen LogP contribution in [0, 0.1) is 19.8 Å². The Morgan fingerprint density at radius 3 is 2.29 bits per heavy atom. The van der Waals surface area contributed by atoms with Crippen molar-refractivity contribution in [3.05, 3.63) is 28.8 Å². The van der Waals surface area contributed by atoms with Gasteiger partial charge >= 0.3 is 0 Å². The monoisotopic (exact) mass is 235 g/mol. The number of rotatable bonds is 2. The molecule has 0 spiro atoms. The first-order valence-corrected chi connectivity index (χ1v) is 6.23. The van der Waals surface area contributed by atoms with Gasteiger partial charge in [-0.15, -0.1) is 0 Å². The number of ether oxygens (including phenoxy) is 1. The molecule has 1 atom stereocenters. The fraction of sp³-hybridized carbons (Fsp3) is 0.571. The second-order valence-electron chi connectivity index (χ2n) is 4.98. The quantitative estimate of drug-likeness (QED) is 0.827. The van der Waals surface area contributed by atoms with Crippen molar-refractivity contribution in [3.63, 3.8) is 0 Å². The standard InChI is InChI=1S/C14H21NO2/c1-9-7-12(8-10(2)14(9)16)13(15)11-3-5-17-6-4-11/h7-8,11,13,16H,3-6,15H2,1-2H3/t13-/m0/s1. The Morgan fingerprint density at radius 2 is 1.76 bits per heavy atom. The highest BCUT2D eigenvalue weighted by atomic mass is 16.5. The third-order valence-corrected chi connectivity index (χ3v) is 3.67. The summed E-state index contributed by atoms with van der Waals surface area (Å²) in [5.74, 6) is 0.875. The molecule has 1 aliphatic rings. The summed E-state index contributed by atoms with van der Waals surface area (Å²) >= 11 is 0. The van der Waals surface area contributed by atoms with E-state index in [1.807, 2.05) is 26.0 Å². The Morgan fingerprint density at radius 1 is 1.24 bits per heavy atom. The molecule has 17 heavy (non-hydrogen) atoms. The second-order valence-corrected chi connectivity index (χ2v) is 4.98. The molecular formula is C14H21NO2. The maximum absolute atomic E-state index is 9.76. The van der Waals surface area contributed by atoms with E-state index in [9.17, 15) is 5.11 Å². The highest BCUT2D eigenvalue weighted by Gasteiger charge is 2.23. The number of aryl methyl sites for hydroxylation is 2. The van der Waals surface area contributed by atoms with Crippen molar-refractivity contribution in [3.8, 4) is 5.75 Å². The van der Waals surface area contributed by atoms with Crippen molar-refractivity contribution < 1.29 is 9.84 Å². The zero-order chi connectivity index (χ0) is 12.4. The molecule has 0 amide bonds. The summed E-state index contributed by atoms with van der Waals surface area (Å²) in [5, 5.41) is 9.76. The first-order valence-electron chi connectivity index (χ1n) is 6.23. The molecule has 1 aromatic carbocycles. The van der Waals surface area contributed by atoms with Crippen LogP contribution in [0.1, 0.15) is 35.6 Å². The Labute approximate surface area is 103 Å². The average Bonchev–Trinajstić information content (AvgIpc) is 2.35. The predicted octanol–water partition coefficient (Wildman–Crippen LogP) is 2.44. The van der Waals surface area contributed by atoms with Crippen LogP contribution in [0.15, 0.2) is 12.1 Å². The van der Waals surface area contributed by atoms with E-state index in [0.29, 0.717) is 11.7 Å². The first kappa shape index (κ1) is 12.4. The van der Waals surface area contributed by atoms with E-state index in [1.54, 1.807) is 0 Å². The lowest BCUT2D eigenvalue weighted by Crippen LogP contribution is -2.27. The first-order chi connectivity index (χ1) is 8.09. The lowest BCUT2D eigenvalue weighted by atomic mass is 9.86. The van der Waals surface area contributed by atoms with Crippen LogP contribution >= 0.6 is 0 Å². The van der Waals surface area contributed by atoms with E-state index in [0.717, 1.165) is 42.7 Å². The van der Waals surface area contributed by atoms with Gasteiger partial charge in [0, 0.05) is 19.3 Å². The summed E-state index contributed by atoms with van der Waals surface area (Å²) in [6.45, 7) is 5.47. The van der Waals surface area contributed by atoms with E-state index < -0.39 is 0 Å². The SMILES string of the molecule is Cc1cc([C@@H](N)C2CCOCC2)cc(C)c1O. The Balaban J connectivity index is 2.21. The van der Waals surface area contributed by atoms with Gasteiger partial charge in [-0.1, -0.05) is 12.1 Å². The molecular weight excluding hydrogens is 214 g/mol. The maximum atomic E-state index is 9.76. The summed E-state index contributed by atoms with van der Waals surface area (Å²) in [5.41, 5.74) is 9.26. The van der Waals surface area contributed by atoms with E-state index in [2.05, 4.69) is 0 Å². The molecule has 0 unspecified atom stereocenters. The maximum Gasteiger partial charge on any atom is 0.121 e. The summed E-state index contributed by atoms with van der Waals surface area (Å²) in [4.78, 5) is 0. The molecule has 1 aromatic rings. The minimum absolute atomic E-state index is 0.0527. The average molecular weight is 235 g/mol. The van der Waals surface area contributed by atoms with E-state index in [1.165, 1.54) is 0 Å². The zero-order valence-electron chi connectivity index (χ0n) is 10.6. The van der Waals surface area contributed by atoms with Crippen LogP contribution < -0.4 is 5.73 Å². The van der Waals surface area contributed by atoms with Crippen LogP contribution in [0.2, 0.25) is 0 Å². The van der Waals surface area contributed by atoms with Crippen molar-refractivity contribution in [1.29, 1.82) is 0 Å². The molecule has 0 aliphatic carbocycles. The van der Waals surface area contributed by atoms with Gasteiger partial charge < -0.3 is 15.6 Å². The predicted molar refractivity (Wildman–Crippen MR) is 68.1 cm³/mol. The fourth-order valence-corrected chi connectivity index (χ4v) is 2.53. The van der Waals surface area contributed by atoms with Gasteiger partial charge in [0.05, 0.1) is 0 Å². The molecule has 94 valence electrons. The largest absolute Gasteiger partial charge is 0.507 e. The molecule has 0 saturated carbocycles. The lowest BCUT2D eigenvalue weighted by Gasteiger charge is -2.28. The number of nitrogens with two attached hydrogens (primary N) is 1. The van der Waals surface area contributed by atoms with Crippen molar-refractivity contribution >= 4 is 0 Å². The molecule has 3 N–H and O–H groups in total. The molecule has 0 bridgehead atoms. The summed E-state index contributed by atoms with van der Waals surface area (Å²) in [6, 6.07) is 4.06. The topological polar surface area (TPSA) is 55.5 Å². The molecule has 0 aromatic heterocycles. The molecule has 1 aliphatic heterocycles. The van der Waals surface area contributed by atoms with E-state index in [-0.39, 0.29) is 6.04 Å². The number of phenolic OH excluding ortho intramolecular Hbond substituents is 1. The van der Waals surface area contributed by atoms with Gasteiger partial charge in [0.15, 0.2) is 0 Å². The van der Waals surface area contributed by atoms with Gasteiger partial charge in [-0.25, -0.2) is 0 Å². The van der Waals surface area contributed by atoms with E-state index in [4.69, 9.17) is 10.5 Å². The molecule has 1 heterocycles. The van der Waals surface area contributed by atoms with Crippen LogP contribution in [0.5, 0.6) is 5.75 Å². The van der Waals surface area contributed by atoms with Gasteiger partial charge in [0.2, 0.25) is 0 Å². The minimum atomic E-state index is 0.0527. The summed E-state index contributed by atoms with van der Waals surface area (Å²) < 4.78 is 5.36. The fourth-order valence-electron chi connectivity index (χ4n) is 2.53. The highest BCUT2D eigenvalue weighted by Crippen LogP contribution is 2.32. The van der Waals surface area contributed by atoms with E-state index >= 15 is 0 Å². The van der Waals surface area contributed by atoms with Gasteiger partial charge in [-0.05, 0) is 49.3 Å². The Hall–Kier alpha value is -1.06. The molecule has 3 heteroatoms. The van der Waals surface area contributed by atoms with Gasteiger partial charge in [-0.3, -0.25) is 0 Å². The van der Waals surface area contributed by atoms with Gasteiger partial charge in [-0.2, -0.15) is 0 Å². The number of aromatic hydroxyl groups is 1. The van der Waals surface area contributed by atoms with Crippen molar-refractivity contribution in [2.75, 3.05) is 13.2 Å². The molecule has 1 fully saturated rings. The molecule has 3 nitrogen and oxygen atoms in total. The van der Waals surface area contributed by atoms with Crippen molar-refractivity contribution in [1.82, 2.24) is 0 Å².